The summed E-state index contributed by atoms with van der Waals surface area (Å²) in [6.45, 7) is 9.60. The molecule has 0 fully saturated rings. The number of carbonyl (C=O) groups is 2. The van der Waals surface area contributed by atoms with Crippen LogP contribution in [0.1, 0.15) is 47.5 Å². The maximum absolute atomic E-state index is 11.9. The summed E-state index contributed by atoms with van der Waals surface area (Å²) >= 11 is 0. The summed E-state index contributed by atoms with van der Waals surface area (Å²) in [6.07, 6.45) is 1.30. The normalized spacial score (nSPS) is 14.8. The van der Waals surface area contributed by atoms with Crippen molar-refractivity contribution in [2.24, 2.45) is 17.6 Å². The molecule has 0 rings (SSSR count). The van der Waals surface area contributed by atoms with Gasteiger partial charge in [0.1, 0.15) is 0 Å². The van der Waals surface area contributed by atoms with E-state index in [4.69, 9.17) is 5.73 Å². The third-order valence-electron chi connectivity index (χ3n) is 2.83. The summed E-state index contributed by atoms with van der Waals surface area (Å²) in [7, 11) is 0. The van der Waals surface area contributed by atoms with E-state index in [-0.39, 0.29) is 23.5 Å². The van der Waals surface area contributed by atoms with E-state index in [0.717, 1.165) is 6.42 Å². The van der Waals surface area contributed by atoms with Gasteiger partial charge in [-0.25, -0.2) is 0 Å². The van der Waals surface area contributed by atoms with Gasteiger partial charge in [-0.15, -0.1) is 0 Å². The van der Waals surface area contributed by atoms with Crippen molar-refractivity contribution in [1.82, 2.24) is 5.32 Å². The number of nitrogens with two attached hydrogens (primary N) is 1. The van der Waals surface area contributed by atoms with Gasteiger partial charge in [0, 0.05) is 6.42 Å². The molecule has 0 aromatic carbocycles. The van der Waals surface area contributed by atoms with E-state index in [9.17, 15) is 9.59 Å². The zero-order chi connectivity index (χ0) is 13.6. The standard InChI is InChI=1S/C13H26N2O2/c1-6-7-10(16)12(9(4)5)15-13(17)11(14)8(2)3/h8-9,11-12H,6-7,14H2,1-5H3,(H,15,17). The highest BCUT2D eigenvalue weighted by atomic mass is 16.2. The molecular formula is C13H26N2O2. The summed E-state index contributed by atoms with van der Waals surface area (Å²) in [5.74, 6) is 0.0245. The third kappa shape index (κ3) is 5.31. The molecule has 0 aliphatic rings. The lowest BCUT2D eigenvalue weighted by atomic mass is 9.96. The van der Waals surface area contributed by atoms with Crippen LogP contribution >= 0.6 is 0 Å². The fourth-order valence-corrected chi connectivity index (χ4v) is 1.57. The molecule has 0 spiro atoms. The number of rotatable bonds is 7. The van der Waals surface area contributed by atoms with E-state index in [1.165, 1.54) is 0 Å². The first-order valence-electron chi connectivity index (χ1n) is 6.39. The number of hydrogen-bond acceptors (Lipinski definition) is 3. The van der Waals surface area contributed by atoms with Crippen molar-refractivity contribution in [3.63, 3.8) is 0 Å². The summed E-state index contributed by atoms with van der Waals surface area (Å²) in [6, 6.07) is -0.960. The van der Waals surface area contributed by atoms with Crippen LogP contribution in [0.5, 0.6) is 0 Å². The van der Waals surface area contributed by atoms with Gasteiger partial charge in [0.25, 0.3) is 0 Å². The Bertz CT molecular complexity index is 262. The predicted molar refractivity (Wildman–Crippen MR) is 69.5 cm³/mol. The van der Waals surface area contributed by atoms with Gasteiger partial charge in [-0.2, -0.15) is 0 Å². The third-order valence-corrected chi connectivity index (χ3v) is 2.83. The smallest absolute Gasteiger partial charge is 0.237 e. The quantitative estimate of drug-likeness (QED) is 0.710. The predicted octanol–water partition coefficient (Wildman–Crippen LogP) is 1.48. The molecule has 0 aliphatic carbocycles. The molecular weight excluding hydrogens is 216 g/mol. The maximum atomic E-state index is 11.9. The van der Waals surface area contributed by atoms with E-state index in [1.807, 2.05) is 34.6 Å². The van der Waals surface area contributed by atoms with Crippen molar-refractivity contribution in [3.05, 3.63) is 0 Å². The summed E-state index contributed by atoms with van der Waals surface area (Å²) < 4.78 is 0. The Morgan fingerprint density at radius 1 is 1.12 bits per heavy atom. The van der Waals surface area contributed by atoms with Crippen LogP contribution in [-0.4, -0.2) is 23.8 Å². The Labute approximate surface area is 104 Å². The van der Waals surface area contributed by atoms with Crippen LogP contribution in [0.3, 0.4) is 0 Å². The largest absolute Gasteiger partial charge is 0.345 e. The molecule has 17 heavy (non-hydrogen) atoms. The molecule has 100 valence electrons. The fraction of sp³-hybridized carbons (Fsp3) is 0.846. The Balaban J connectivity index is 4.55. The first kappa shape index (κ1) is 16.1. The average molecular weight is 242 g/mol. The molecule has 1 amide bonds. The Morgan fingerprint density at radius 3 is 2.00 bits per heavy atom. The Hall–Kier alpha value is -0.900. The molecule has 0 aromatic heterocycles. The van der Waals surface area contributed by atoms with Crippen molar-refractivity contribution >= 4 is 11.7 Å². The zero-order valence-corrected chi connectivity index (χ0v) is 11.6. The van der Waals surface area contributed by atoms with Gasteiger partial charge in [0.05, 0.1) is 12.1 Å². The molecule has 0 saturated carbocycles. The van der Waals surface area contributed by atoms with Gasteiger partial charge >= 0.3 is 0 Å². The van der Waals surface area contributed by atoms with Crippen molar-refractivity contribution in [3.8, 4) is 0 Å². The number of hydrogen-bond donors (Lipinski definition) is 2. The fourth-order valence-electron chi connectivity index (χ4n) is 1.57. The van der Waals surface area contributed by atoms with E-state index >= 15 is 0 Å². The second-order valence-corrected chi connectivity index (χ2v) is 5.22. The van der Waals surface area contributed by atoms with E-state index in [1.54, 1.807) is 0 Å². The van der Waals surface area contributed by atoms with Gasteiger partial charge in [-0.05, 0) is 18.3 Å². The Morgan fingerprint density at radius 2 is 1.65 bits per heavy atom. The molecule has 0 aliphatic heterocycles. The van der Waals surface area contributed by atoms with E-state index in [0.29, 0.717) is 6.42 Å². The summed E-state index contributed by atoms with van der Waals surface area (Å²) in [5, 5.41) is 2.77. The van der Waals surface area contributed by atoms with E-state index < -0.39 is 12.1 Å². The molecule has 0 heterocycles. The lowest BCUT2D eigenvalue weighted by Crippen LogP contribution is -2.52. The minimum absolute atomic E-state index is 0.0732. The SMILES string of the molecule is CCCC(=O)C(NC(=O)C(N)C(C)C)C(C)C. The minimum Gasteiger partial charge on any atom is -0.345 e. The minimum atomic E-state index is -0.550. The van der Waals surface area contributed by atoms with Crippen LogP contribution in [0.25, 0.3) is 0 Å². The second kappa shape index (κ2) is 7.43. The summed E-state index contributed by atoms with van der Waals surface area (Å²) in [4.78, 5) is 23.7. The number of ketones is 1. The van der Waals surface area contributed by atoms with Crippen molar-refractivity contribution in [1.29, 1.82) is 0 Å². The van der Waals surface area contributed by atoms with Crippen LogP contribution in [0.15, 0.2) is 0 Å². The first-order valence-corrected chi connectivity index (χ1v) is 6.39. The van der Waals surface area contributed by atoms with Gasteiger partial charge < -0.3 is 11.1 Å². The molecule has 3 N–H and O–H groups in total. The molecule has 4 nitrogen and oxygen atoms in total. The van der Waals surface area contributed by atoms with Gasteiger partial charge in [-0.1, -0.05) is 34.6 Å². The molecule has 0 radical (unpaired) electrons. The maximum Gasteiger partial charge on any atom is 0.237 e. The first-order chi connectivity index (χ1) is 7.81. The topological polar surface area (TPSA) is 72.2 Å². The van der Waals surface area contributed by atoms with Gasteiger partial charge in [0.2, 0.25) is 5.91 Å². The molecule has 0 aromatic rings. The van der Waals surface area contributed by atoms with Crippen LogP contribution in [0.4, 0.5) is 0 Å². The van der Waals surface area contributed by atoms with Crippen LogP contribution in [0, 0.1) is 11.8 Å². The lowest BCUT2D eigenvalue weighted by Gasteiger charge is -2.24. The number of carbonyl (C=O) groups excluding carboxylic acids is 2. The highest BCUT2D eigenvalue weighted by Crippen LogP contribution is 2.08. The molecule has 2 unspecified atom stereocenters. The number of Topliss-reactive ketones (excluding diaryl/α,β-unsaturated/α-hetero) is 1. The van der Waals surface area contributed by atoms with Crippen LogP contribution in [0.2, 0.25) is 0 Å². The number of nitrogens with one attached hydrogen (secondary N) is 1. The molecule has 0 bridgehead atoms. The van der Waals surface area contributed by atoms with Gasteiger partial charge in [-0.3, -0.25) is 9.59 Å². The summed E-state index contributed by atoms with van der Waals surface area (Å²) in [5.41, 5.74) is 5.76. The van der Waals surface area contributed by atoms with Crippen molar-refractivity contribution in [2.45, 2.75) is 59.5 Å². The highest BCUT2D eigenvalue weighted by Gasteiger charge is 2.26. The highest BCUT2D eigenvalue weighted by molar-refractivity contribution is 5.91. The number of amides is 1. The monoisotopic (exact) mass is 242 g/mol. The molecule has 4 heteroatoms. The average Bonchev–Trinajstić information content (AvgIpc) is 2.23. The van der Waals surface area contributed by atoms with Crippen molar-refractivity contribution < 1.29 is 9.59 Å². The second-order valence-electron chi connectivity index (χ2n) is 5.22. The van der Waals surface area contributed by atoms with Gasteiger partial charge in [0.15, 0.2) is 5.78 Å². The molecule has 2 atom stereocenters. The zero-order valence-electron chi connectivity index (χ0n) is 11.6. The van der Waals surface area contributed by atoms with Crippen LogP contribution in [-0.2, 0) is 9.59 Å². The molecule has 0 saturated heterocycles. The lowest BCUT2D eigenvalue weighted by molar-refractivity contribution is -0.130. The van der Waals surface area contributed by atoms with Crippen LogP contribution < -0.4 is 11.1 Å². The Kier molecular flexibility index (Phi) is 7.04. The van der Waals surface area contributed by atoms with Crippen molar-refractivity contribution in [2.75, 3.05) is 0 Å². The van der Waals surface area contributed by atoms with E-state index in [2.05, 4.69) is 5.32 Å².